The van der Waals surface area contributed by atoms with Crippen molar-refractivity contribution in [2.24, 2.45) is 4.99 Å². The van der Waals surface area contributed by atoms with Crippen molar-refractivity contribution in [3.05, 3.63) is 47.3 Å². The smallest absolute Gasteiger partial charge is 0.0612 e. The molecule has 0 radical (unpaired) electrons. The number of benzene rings is 1. The van der Waals surface area contributed by atoms with Crippen LogP contribution < -0.4 is 0 Å². The van der Waals surface area contributed by atoms with E-state index in [0.717, 1.165) is 12.1 Å². The van der Waals surface area contributed by atoms with Crippen LogP contribution in [0.25, 0.3) is 10.9 Å². The number of rotatable bonds is 0. The van der Waals surface area contributed by atoms with E-state index in [0.29, 0.717) is 0 Å². The average Bonchev–Trinajstić information content (AvgIpc) is 2.47. The highest BCUT2D eigenvalue weighted by Crippen LogP contribution is 2.25. The quantitative estimate of drug-likeness (QED) is 0.671. The van der Waals surface area contributed by atoms with E-state index in [4.69, 9.17) is 0 Å². The number of para-hydroxylation sites is 1. The van der Waals surface area contributed by atoms with Crippen LogP contribution in [0.2, 0.25) is 0 Å². The zero-order valence-electron chi connectivity index (χ0n) is 8.62. The van der Waals surface area contributed by atoms with E-state index in [2.05, 4.69) is 41.2 Å². The fraction of sp³-hybridized carbons (Fsp3) is 0.154. The summed E-state index contributed by atoms with van der Waals surface area (Å²) in [5.74, 6) is 0. The Morgan fingerprint density at radius 1 is 1.27 bits per heavy atom. The largest absolute Gasteiger partial charge is 0.354 e. The van der Waals surface area contributed by atoms with Gasteiger partial charge in [0.25, 0.3) is 0 Å². The standard InChI is InChI=1S/C13H12N2/c1-9-6-11-10-4-2-3-5-12(10)15-13(11)8-14-7-9/h2-5,7-8,15H,6H2,1H3. The van der Waals surface area contributed by atoms with Crippen molar-refractivity contribution in [3.8, 4) is 0 Å². The van der Waals surface area contributed by atoms with Crippen molar-refractivity contribution >= 4 is 17.1 Å². The lowest BCUT2D eigenvalue weighted by atomic mass is 10.0. The van der Waals surface area contributed by atoms with Gasteiger partial charge in [-0.3, -0.25) is 4.99 Å². The summed E-state index contributed by atoms with van der Waals surface area (Å²) in [5.41, 5.74) is 5.00. The summed E-state index contributed by atoms with van der Waals surface area (Å²) in [4.78, 5) is 7.66. The number of aromatic nitrogens is 1. The van der Waals surface area contributed by atoms with Crippen LogP contribution in [0.5, 0.6) is 0 Å². The van der Waals surface area contributed by atoms with Crippen molar-refractivity contribution < 1.29 is 0 Å². The highest BCUT2D eigenvalue weighted by atomic mass is 14.8. The van der Waals surface area contributed by atoms with Crippen molar-refractivity contribution in [3.63, 3.8) is 0 Å². The molecule has 2 aromatic rings. The van der Waals surface area contributed by atoms with Gasteiger partial charge >= 0.3 is 0 Å². The second kappa shape index (κ2) is 3.09. The molecule has 0 saturated carbocycles. The van der Waals surface area contributed by atoms with Crippen LogP contribution in [0.1, 0.15) is 18.2 Å². The number of H-pyrrole nitrogens is 1. The van der Waals surface area contributed by atoms with Crippen LogP contribution in [0, 0.1) is 0 Å². The lowest BCUT2D eigenvalue weighted by Crippen LogP contribution is -1.88. The average molecular weight is 196 g/mol. The van der Waals surface area contributed by atoms with E-state index in [1.54, 1.807) is 0 Å². The van der Waals surface area contributed by atoms with Crippen molar-refractivity contribution in [1.29, 1.82) is 0 Å². The summed E-state index contributed by atoms with van der Waals surface area (Å²) in [7, 11) is 0. The second-order valence-corrected chi connectivity index (χ2v) is 3.99. The van der Waals surface area contributed by atoms with E-state index >= 15 is 0 Å². The summed E-state index contributed by atoms with van der Waals surface area (Å²) in [6.45, 7) is 2.12. The normalized spacial score (nSPS) is 14.9. The summed E-state index contributed by atoms with van der Waals surface area (Å²) in [6.07, 6.45) is 4.83. The molecular formula is C13H12N2. The van der Waals surface area contributed by atoms with Crippen molar-refractivity contribution in [2.75, 3.05) is 0 Å². The third-order valence-corrected chi connectivity index (χ3v) is 2.80. The van der Waals surface area contributed by atoms with Gasteiger partial charge in [0.2, 0.25) is 0 Å². The topological polar surface area (TPSA) is 28.1 Å². The second-order valence-electron chi connectivity index (χ2n) is 3.99. The molecule has 1 aliphatic rings. The number of hydrogen-bond donors (Lipinski definition) is 1. The van der Waals surface area contributed by atoms with Crippen LogP contribution in [0.3, 0.4) is 0 Å². The minimum Gasteiger partial charge on any atom is -0.354 e. The summed E-state index contributed by atoms with van der Waals surface area (Å²) in [6, 6.07) is 8.41. The van der Waals surface area contributed by atoms with Gasteiger partial charge in [0.05, 0.1) is 11.9 Å². The molecule has 2 nitrogen and oxygen atoms in total. The zero-order chi connectivity index (χ0) is 10.3. The Bertz CT molecular complexity index is 573. The Morgan fingerprint density at radius 2 is 2.13 bits per heavy atom. The number of nitrogens with one attached hydrogen (secondary N) is 1. The monoisotopic (exact) mass is 196 g/mol. The van der Waals surface area contributed by atoms with Crippen molar-refractivity contribution in [1.82, 2.24) is 4.98 Å². The minimum atomic E-state index is 0.985. The van der Waals surface area contributed by atoms with Crippen molar-refractivity contribution in [2.45, 2.75) is 13.3 Å². The highest BCUT2D eigenvalue weighted by Gasteiger charge is 2.11. The molecule has 1 aliphatic heterocycles. The highest BCUT2D eigenvalue weighted by molar-refractivity contribution is 5.94. The Balaban J connectivity index is 2.32. The van der Waals surface area contributed by atoms with Gasteiger partial charge in [-0.1, -0.05) is 23.8 Å². The first-order valence-corrected chi connectivity index (χ1v) is 5.13. The number of nitrogens with zero attached hydrogens (tertiary/aromatic N) is 1. The Labute approximate surface area is 88.3 Å². The molecular weight excluding hydrogens is 184 g/mol. The summed E-state index contributed by atoms with van der Waals surface area (Å²) < 4.78 is 0. The fourth-order valence-corrected chi connectivity index (χ4v) is 2.09. The zero-order valence-corrected chi connectivity index (χ0v) is 8.62. The Kier molecular flexibility index (Phi) is 1.75. The van der Waals surface area contributed by atoms with Gasteiger partial charge < -0.3 is 4.98 Å². The predicted molar refractivity (Wildman–Crippen MR) is 63.4 cm³/mol. The van der Waals surface area contributed by atoms with Gasteiger partial charge in [0.15, 0.2) is 0 Å². The molecule has 0 saturated heterocycles. The van der Waals surface area contributed by atoms with Gasteiger partial charge in [-0.2, -0.15) is 0 Å². The van der Waals surface area contributed by atoms with Crippen LogP contribution in [0.15, 0.2) is 41.0 Å². The molecule has 2 heterocycles. The predicted octanol–water partition coefficient (Wildman–Crippen LogP) is 3.05. The fourth-order valence-electron chi connectivity index (χ4n) is 2.09. The maximum atomic E-state index is 4.27. The SMILES string of the molecule is CC1=CN=Cc2[nH]c3ccccc3c2C1. The van der Waals surface area contributed by atoms with E-state index in [-0.39, 0.29) is 0 Å². The first-order chi connectivity index (χ1) is 7.34. The number of aliphatic imine (C=N–C) groups is 1. The van der Waals surface area contributed by atoms with Crippen LogP contribution in [-0.2, 0) is 6.42 Å². The molecule has 1 aromatic carbocycles. The molecule has 0 atom stereocenters. The molecule has 0 bridgehead atoms. The van der Waals surface area contributed by atoms with Gasteiger partial charge in [-0.15, -0.1) is 0 Å². The molecule has 3 rings (SSSR count). The molecule has 0 amide bonds. The Morgan fingerprint density at radius 3 is 3.07 bits per heavy atom. The first-order valence-electron chi connectivity index (χ1n) is 5.13. The molecule has 0 aliphatic carbocycles. The molecule has 0 fully saturated rings. The van der Waals surface area contributed by atoms with Gasteiger partial charge in [-0.05, 0) is 25.0 Å². The first kappa shape index (κ1) is 8.48. The Hall–Kier alpha value is -1.83. The molecule has 2 heteroatoms. The van der Waals surface area contributed by atoms with Gasteiger partial charge in [0.1, 0.15) is 0 Å². The number of aromatic amines is 1. The lowest BCUT2D eigenvalue weighted by Gasteiger charge is -1.98. The molecule has 1 aromatic heterocycles. The van der Waals surface area contributed by atoms with E-state index in [9.17, 15) is 0 Å². The van der Waals surface area contributed by atoms with Crippen LogP contribution in [-0.4, -0.2) is 11.2 Å². The summed E-state index contributed by atoms with van der Waals surface area (Å²) in [5, 5.41) is 1.31. The number of hydrogen-bond acceptors (Lipinski definition) is 1. The van der Waals surface area contributed by atoms with Gasteiger partial charge in [0, 0.05) is 17.1 Å². The van der Waals surface area contributed by atoms with E-state index in [1.165, 1.54) is 22.0 Å². The van der Waals surface area contributed by atoms with Gasteiger partial charge in [-0.25, -0.2) is 0 Å². The molecule has 0 spiro atoms. The minimum absolute atomic E-state index is 0.985. The van der Waals surface area contributed by atoms with E-state index in [1.807, 2.05) is 12.4 Å². The molecule has 74 valence electrons. The lowest BCUT2D eigenvalue weighted by molar-refractivity contribution is 1.15. The maximum absolute atomic E-state index is 4.27. The summed E-state index contributed by atoms with van der Waals surface area (Å²) >= 11 is 0. The molecule has 15 heavy (non-hydrogen) atoms. The van der Waals surface area contributed by atoms with E-state index < -0.39 is 0 Å². The number of allylic oxidation sites excluding steroid dienone is 1. The third-order valence-electron chi connectivity index (χ3n) is 2.80. The third kappa shape index (κ3) is 1.30. The number of fused-ring (bicyclic) bond motifs is 3. The van der Waals surface area contributed by atoms with Crippen LogP contribution in [0.4, 0.5) is 0 Å². The molecule has 1 N–H and O–H groups in total. The maximum Gasteiger partial charge on any atom is 0.0612 e. The molecule has 0 unspecified atom stereocenters. The van der Waals surface area contributed by atoms with Crippen LogP contribution >= 0.6 is 0 Å².